The lowest BCUT2D eigenvalue weighted by molar-refractivity contribution is -0.125. The smallest absolute Gasteiger partial charge is 0.339 e. The molecule has 1 unspecified atom stereocenters. The van der Waals surface area contributed by atoms with Gasteiger partial charge in [-0.05, 0) is 42.7 Å². The Hall–Kier alpha value is -2.62. The number of anilines is 1. The number of hydrogen-bond acceptors (Lipinski definition) is 3. The second kappa shape index (κ2) is 5.64. The molecule has 0 saturated heterocycles. The molecule has 1 amide bonds. The maximum absolute atomic E-state index is 12.4. The van der Waals surface area contributed by atoms with Crippen LogP contribution in [0.4, 0.5) is 5.69 Å². The zero-order valence-corrected chi connectivity index (χ0v) is 12.6. The van der Waals surface area contributed by atoms with Gasteiger partial charge < -0.3 is 10.1 Å². The van der Waals surface area contributed by atoms with Crippen LogP contribution in [-0.4, -0.2) is 18.0 Å². The molecule has 1 aliphatic rings. The SMILES string of the molecule is Cc1ccc(C)c(NC(=O)C2Cc3ccccc3C(=O)O2)c1. The van der Waals surface area contributed by atoms with Gasteiger partial charge in [-0.1, -0.05) is 30.3 Å². The molecule has 0 radical (unpaired) electrons. The first kappa shape index (κ1) is 14.3. The molecule has 112 valence electrons. The molecule has 3 rings (SSSR count). The molecule has 2 aromatic carbocycles. The largest absolute Gasteiger partial charge is 0.448 e. The number of amides is 1. The van der Waals surface area contributed by atoms with Crippen LogP contribution < -0.4 is 5.32 Å². The van der Waals surface area contributed by atoms with Crippen molar-refractivity contribution in [3.8, 4) is 0 Å². The van der Waals surface area contributed by atoms with Crippen molar-refractivity contribution < 1.29 is 14.3 Å². The minimum absolute atomic E-state index is 0.295. The molecular formula is C18H17NO3. The van der Waals surface area contributed by atoms with Gasteiger partial charge in [0, 0.05) is 12.1 Å². The summed E-state index contributed by atoms with van der Waals surface area (Å²) in [6.45, 7) is 3.89. The van der Waals surface area contributed by atoms with E-state index in [0.717, 1.165) is 22.4 Å². The Bertz CT molecular complexity index is 752. The Morgan fingerprint density at radius 1 is 1.18 bits per heavy atom. The van der Waals surface area contributed by atoms with Crippen molar-refractivity contribution in [3.05, 3.63) is 64.7 Å². The Labute approximate surface area is 129 Å². The van der Waals surface area contributed by atoms with Crippen molar-refractivity contribution >= 4 is 17.6 Å². The van der Waals surface area contributed by atoms with E-state index < -0.39 is 12.1 Å². The molecule has 0 spiro atoms. The zero-order chi connectivity index (χ0) is 15.7. The van der Waals surface area contributed by atoms with Crippen LogP contribution >= 0.6 is 0 Å². The summed E-state index contributed by atoms with van der Waals surface area (Å²) in [6.07, 6.45) is -0.388. The number of cyclic esters (lactones) is 1. The van der Waals surface area contributed by atoms with Gasteiger partial charge in [0.2, 0.25) is 0 Å². The van der Waals surface area contributed by atoms with E-state index in [1.807, 2.05) is 44.2 Å². The summed E-state index contributed by atoms with van der Waals surface area (Å²) in [7, 11) is 0. The summed E-state index contributed by atoms with van der Waals surface area (Å²) in [6, 6.07) is 13.1. The number of esters is 1. The van der Waals surface area contributed by atoms with E-state index in [2.05, 4.69) is 5.32 Å². The second-order valence-corrected chi connectivity index (χ2v) is 5.56. The van der Waals surface area contributed by atoms with Crippen LogP contribution in [0.15, 0.2) is 42.5 Å². The van der Waals surface area contributed by atoms with Crippen molar-refractivity contribution in [2.24, 2.45) is 0 Å². The first-order valence-electron chi connectivity index (χ1n) is 7.21. The number of benzene rings is 2. The molecule has 0 aliphatic carbocycles. The minimum atomic E-state index is -0.790. The van der Waals surface area contributed by atoms with Crippen molar-refractivity contribution in [1.29, 1.82) is 0 Å². The molecule has 4 heteroatoms. The highest BCUT2D eigenvalue weighted by molar-refractivity contribution is 6.00. The molecule has 0 saturated carbocycles. The van der Waals surface area contributed by atoms with Gasteiger partial charge in [0.15, 0.2) is 6.10 Å². The topological polar surface area (TPSA) is 55.4 Å². The monoisotopic (exact) mass is 295 g/mol. The standard InChI is InChI=1S/C18H17NO3/c1-11-7-8-12(2)15(9-11)19-17(20)16-10-13-5-3-4-6-14(13)18(21)22-16/h3-9,16H,10H2,1-2H3,(H,19,20). The summed E-state index contributed by atoms with van der Waals surface area (Å²) < 4.78 is 5.27. The van der Waals surface area contributed by atoms with Gasteiger partial charge in [-0.15, -0.1) is 0 Å². The van der Waals surface area contributed by atoms with E-state index >= 15 is 0 Å². The average molecular weight is 295 g/mol. The van der Waals surface area contributed by atoms with Crippen LogP contribution in [0.3, 0.4) is 0 Å². The quantitative estimate of drug-likeness (QED) is 0.866. The summed E-state index contributed by atoms with van der Waals surface area (Å²) in [5.41, 5.74) is 4.17. The fourth-order valence-electron chi connectivity index (χ4n) is 2.56. The predicted molar refractivity (Wildman–Crippen MR) is 83.9 cm³/mol. The highest BCUT2D eigenvalue weighted by Crippen LogP contribution is 2.22. The molecule has 0 aromatic heterocycles. The number of aryl methyl sites for hydroxylation is 2. The maximum atomic E-state index is 12.4. The molecule has 2 aromatic rings. The highest BCUT2D eigenvalue weighted by Gasteiger charge is 2.31. The van der Waals surface area contributed by atoms with Crippen molar-refractivity contribution in [2.75, 3.05) is 5.32 Å². The number of nitrogens with one attached hydrogen (secondary N) is 1. The third-order valence-corrected chi connectivity index (χ3v) is 3.84. The number of rotatable bonds is 2. The first-order valence-corrected chi connectivity index (χ1v) is 7.21. The second-order valence-electron chi connectivity index (χ2n) is 5.56. The van der Waals surface area contributed by atoms with E-state index in [4.69, 9.17) is 4.74 Å². The number of hydrogen-bond donors (Lipinski definition) is 1. The van der Waals surface area contributed by atoms with E-state index in [1.54, 1.807) is 12.1 Å². The molecular weight excluding hydrogens is 278 g/mol. The summed E-state index contributed by atoms with van der Waals surface area (Å²) in [5.74, 6) is -0.737. The van der Waals surface area contributed by atoms with E-state index in [-0.39, 0.29) is 5.91 Å². The molecule has 1 aliphatic heterocycles. The molecule has 0 fully saturated rings. The Kier molecular flexibility index (Phi) is 3.67. The van der Waals surface area contributed by atoms with Crippen LogP contribution in [0.1, 0.15) is 27.0 Å². The van der Waals surface area contributed by atoms with Gasteiger partial charge in [-0.25, -0.2) is 4.79 Å². The van der Waals surface area contributed by atoms with Crippen LogP contribution in [0, 0.1) is 13.8 Å². The normalized spacial score (nSPS) is 16.6. The number of carbonyl (C=O) groups is 2. The lowest BCUT2D eigenvalue weighted by Crippen LogP contribution is -2.38. The fourth-order valence-corrected chi connectivity index (χ4v) is 2.56. The van der Waals surface area contributed by atoms with Crippen molar-refractivity contribution in [2.45, 2.75) is 26.4 Å². The molecule has 1 N–H and O–H groups in total. The summed E-state index contributed by atoms with van der Waals surface area (Å²) in [5, 5.41) is 2.86. The third kappa shape index (κ3) is 2.72. The van der Waals surface area contributed by atoms with Gasteiger partial charge in [-0.2, -0.15) is 0 Å². The maximum Gasteiger partial charge on any atom is 0.339 e. The number of fused-ring (bicyclic) bond motifs is 1. The first-order chi connectivity index (χ1) is 10.5. The van der Waals surface area contributed by atoms with Gasteiger partial charge in [0.1, 0.15) is 0 Å². The lowest BCUT2D eigenvalue weighted by atomic mass is 9.98. The van der Waals surface area contributed by atoms with Gasteiger partial charge in [0.05, 0.1) is 5.56 Å². The average Bonchev–Trinajstić information content (AvgIpc) is 2.51. The van der Waals surface area contributed by atoms with Crippen LogP contribution in [0.5, 0.6) is 0 Å². The minimum Gasteiger partial charge on any atom is -0.448 e. The predicted octanol–water partition coefficient (Wildman–Crippen LogP) is 3.02. The Balaban J connectivity index is 1.79. The van der Waals surface area contributed by atoms with Crippen molar-refractivity contribution in [1.82, 2.24) is 0 Å². The molecule has 1 atom stereocenters. The van der Waals surface area contributed by atoms with Crippen LogP contribution in [0.25, 0.3) is 0 Å². The molecule has 22 heavy (non-hydrogen) atoms. The van der Waals surface area contributed by atoms with E-state index in [9.17, 15) is 9.59 Å². The summed E-state index contributed by atoms with van der Waals surface area (Å²) >= 11 is 0. The molecule has 4 nitrogen and oxygen atoms in total. The van der Waals surface area contributed by atoms with E-state index in [1.165, 1.54) is 0 Å². The van der Waals surface area contributed by atoms with E-state index in [0.29, 0.717) is 12.0 Å². The summed E-state index contributed by atoms with van der Waals surface area (Å²) in [4.78, 5) is 24.4. The van der Waals surface area contributed by atoms with Gasteiger partial charge >= 0.3 is 5.97 Å². The zero-order valence-electron chi connectivity index (χ0n) is 12.6. The number of ether oxygens (including phenoxy) is 1. The van der Waals surface area contributed by atoms with Crippen LogP contribution in [-0.2, 0) is 16.0 Å². The number of carbonyl (C=O) groups excluding carboxylic acids is 2. The Morgan fingerprint density at radius 3 is 2.77 bits per heavy atom. The molecule has 1 heterocycles. The highest BCUT2D eigenvalue weighted by atomic mass is 16.5. The lowest BCUT2D eigenvalue weighted by Gasteiger charge is -2.24. The van der Waals surface area contributed by atoms with Gasteiger partial charge in [-0.3, -0.25) is 4.79 Å². The molecule has 0 bridgehead atoms. The third-order valence-electron chi connectivity index (χ3n) is 3.84. The Morgan fingerprint density at radius 2 is 1.95 bits per heavy atom. The van der Waals surface area contributed by atoms with Gasteiger partial charge in [0.25, 0.3) is 5.91 Å². The van der Waals surface area contributed by atoms with Crippen molar-refractivity contribution in [3.63, 3.8) is 0 Å². The van der Waals surface area contributed by atoms with Crippen LogP contribution in [0.2, 0.25) is 0 Å². The fraction of sp³-hybridized carbons (Fsp3) is 0.222.